The van der Waals surface area contributed by atoms with Gasteiger partial charge >= 0.3 is 10.0 Å². The maximum absolute atomic E-state index is 11.1. The summed E-state index contributed by atoms with van der Waals surface area (Å²) < 4.78 is 2.26. The molecule has 4 aromatic rings. The summed E-state index contributed by atoms with van der Waals surface area (Å²) in [6.45, 7) is 10.4. The van der Waals surface area contributed by atoms with E-state index in [9.17, 15) is 40.0 Å². The van der Waals surface area contributed by atoms with Crippen LogP contribution in [-0.2, 0) is 31.8 Å². The first kappa shape index (κ1) is 54.0. The zero-order valence-corrected chi connectivity index (χ0v) is 41.2. The van der Waals surface area contributed by atoms with Gasteiger partial charge in [0.05, 0.1) is 37.8 Å². The molecular weight excluding hydrogens is 1030 g/mol. The van der Waals surface area contributed by atoms with E-state index in [1.54, 1.807) is 0 Å². The number of carbonyl (C=O) groups excluding carboxylic acids is 2. The smallest absolute Gasteiger partial charge is 0.319 e. The predicted octanol–water partition coefficient (Wildman–Crippen LogP) is 8.14. The second-order valence-electron chi connectivity index (χ2n) is 14.5. The zero-order chi connectivity index (χ0) is 49.2. The minimum absolute atomic E-state index is 0. The number of nitriles is 1. The van der Waals surface area contributed by atoms with Crippen LogP contribution in [0.3, 0.4) is 0 Å². The number of thiazole rings is 2. The summed E-state index contributed by atoms with van der Waals surface area (Å²) in [5.41, 5.74) is 7.18. The van der Waals surface area contributed by atoms with Crippen LogP contribution in [0.5, 0.6) is 0 Å². The zero-order valence-electron chi connectivity index (χ0n) is 36.3. The molecule has 1 radical (unpaired) electrons. The summed E-state index contributed by atoms with van der Waals surface area (Å²) in [5.74, 6) is -1.85. The SMILES string of the molecule is CCN(CCC#N)c1ccc(/C=C/C2=[N+](C)c3ccc(Cl)cc3C2(C)C)c(C)c1.O=C1C=C(O)C(=NN=c2[n-]cc([N+](=O)[O-])s2)C=C1Cl.O=C1C=C(O)C(=NN=c2[n-]cc([N+](=O)[O-])s2)C=C1Cl.[Co]. The number of nitrogens with zero attached hydrogens (tertiary/aromatic N) is 11. The molecule has 2 aliphatic carbocycles. The Morgan fingerprint density at radius 3 is 1.84 bits per heavy atom. The van der Waals surface area contributed by atoms with Crippen LogP contribution in [0, 0.1) is 38.5 Å². The minimum atomic E-state index is -0.600. The molecular formula is C43H37Cl3CoN11O8S2-. The van der Waals surface area contributed by atoms with Crippen LogP contribution in [0.25, 0.3) is 6.08 Å². The second kappa shape index (κ2) is 23.9. The fraction of sp³-hybridized carbons (Fsp3) is 0.209. The van der Waals surface area contributed by atoms with Crippen molar-refractivity contribution in [3.05, 3.63) is 152 Å². The number of aliphatic hydroxyl groups is 2. The van der Waals surface area contributed by atoms with Gasteiger partial charge in [-0.2, -0.15) is 9.84 Å². The van der Waals surface area contributed by atoms with Crippen molar-refractivity contribution in [2.75, 3.05) is 25.0 Å². The predicted molar refractivity (Wildman–Crippen MR) is 258 cm³/mol. The van der Waals surface area contributed by atoms with Crippen molar-refractivity contribution >= 4 is 114 Å². The first-order valence-electron chi connectivity index (χ1n) is 19.5. The number of aromatic nitrogens is 2. The Balaban J connectivity index is 0.000000229. The number of fused-ring (bicyclic) bond motifs is 1. The summed E-state index contributed by atoms with van der Waals surface area (Å²) in [5, 5.41) is 63.3. The standard InChI is InChI=1S/C25H29ClN3.2C9H5ClN4O4S.Co/c1-6-29(15-7-14-27)21-11-8-19(18(2)16-21)9-13-24-25(3,4)22-17-20(26)10-12-23(22)28(24)5;2*10-4-1-5(7(16)2-6(4)15)12-13-9-11-3-8(19-9)14(17)18;/h8-13,16-17H,6-7,15H2,1-5H3;2*1-3H,(H2,11,13,15,16);/q+1;;;/p-2. The molecule has 0 unspecified atom stereocenters. The van der Waals surface area contributed by atoms with Gasteiger partial charge in [0.15, 0.2) is 5.71 Å². The van der Waals surface area contributed by atoms with Gasteiger partial charge in [-0.25, -0.2) is 0 Å². The van der Waals surface area contributed by atoms with E-state index in [0.29, 0.717) is 6.42 Å². The van der Waals surface area contributed by atoms with Crippen LogP contribution in [0.2, 0.25) is 5.02 Å². The average molecular weight is 1070 g/mol. The maximum atomic E-state index is 11.1. The van der Waals surface area contributed by atoms with Crippen molar-refractivity contribution in [3.8, 4) is 6.07 Å². The van der Waals surface area contributed by atoms with Gasteiger partial charge in [0.1, 0.15) is 30.0 Å². The molecule has 3 heterocycles. The van der Waals surface area contributed by atoms with Crippen LogP contribution < -0.4 is 24.5 Å². The number of anilines is 1. The molecule has 0 spiro atoms. The topological polar surface area (TPSA) is 269 Å². The first-order valence-corrected chi connectivity index (χ1v) is 22.2. The third-order valence-corrected chi connectivity index (χ3v) is 12.3. The Morgan fingerprint density at radius 1 is 0.853 bits per heavy atom. The summed E-state index contributed by atoms with van der Waals surface area (Å²) in [6.07, 6.45) is 11.2. The number of aryl methyl sites for hydroxylation is 1. The van der Waals surface area contributed by atoms with Crippen LogP contribution in [0.4, 0.5) is 21.4 Å². The molecule has 2 aromatic carbocycles. The van der Waals surface area contributed by atoms with Gasteiger partial charge in [-0.1, -0.05) is 63.5 Å². The van der Waals surface area contributed by atoms with Crippen LogP contribution >= 0.6 is 57.5 Å². The molecule has 68 heavy (non-hydrogen) atoms. The van der Waals surface area contributed by atoms with Gasteiger partial charge in [-0.05, 0) is 81.3 Å². The molecule has 0 fully saturated rings. The fourth-order valence-electron chi connectivity index (χ4n) is 6.37. The molecule has 7 rings (SSSR count). The van der Waals surface area contributed by atoms with Gasteiger partial charge in [0.2, 0.25) is 17.3 Å². The van der Waals surface area contributed by atoms with Gasteiger partial charge in [0.25, 0.3) is 0 Å². The van der Waals surface area contributed by atoms with Crippen molar-refractivity contribution in [1.82, 2.24) is 9.97 Å². The Bertz CT molecular complexity index is 2990. The van der Waals surface area contributed by atoms with E-state index in [1.165, 1.54) is 33.8 Å². The molecule has 3 aliphatic rings. The first-order chi connectivity index (χ1) is 31.7. The van der Waals surface area contributed by atoms with Crippen molar-refractivity contribution in [2.45, 2.75) is 39.5 Å². The Kier molecular flexibility index (Phi) is 19.0. The minimum Gasteiger partial charge on any atom is -0.506 e. The fourth-order valence-corrected chi connectivity index (χ4v) is 7.96. The van der Waals surface area contributed by atoms with Crippen molar-refractivity contribution in [2.24, 2.45) is 20.4 Å². The number of hydrogen-bond acceptors (Lipinski definition) is 16. The maximum Gasteiger partial charge on any atom is 0.319 e. The number of rotatable bonds is 10. The monoisotopic (exact) mass is 1060 g/mol. The van der Waals surface area contributed by atoms with Crippen LogP contribution in [0.15, 0.2) is 121 Å². The largest absolute Gasteiger partial charge is 0.506 e. The normalized spacial score (nSPS) is 16.7. The molecule has 0 saturated carbocycles. The number of ketones is 2. The van der Waals surface area contributed by atoms with Gasteiger partial charge in [-0.15, -0.1) is 0 Å². The van der Waals surface area contributed by atoms with E-state index < -0.39 is 21.4 Å². The van der Waals surface area contributed by atoms with E-state index in [1.807, 2.05) is 6.07 Å². The van der Waals surface area contributed by atoms with E-state index in [-0.39, 0.29) is 74.8 Å². The third-order valence-electron chi connectivity index (χ3n) is 9.78. The van der Waals surface area contributed by atoms with Gasteiger partial charge in [-0.3, -0.25) is 40.0 Å². The molecule has 1 aliphatic heterocycles. The molecule has 355 valence electrons. The Morgan fingerprint density at radius 2 is 1.38 bits per heavy atom. The molecule has 0 atom stereocenters. The summed E-state index contributed by atoms with van der Waals surface area (Å²) in [7, 11) is 2.12. The Labute approximate surface area is 420 Å². The van der Waals surface area contributed by atoms with Crippen LogP contribution in [0.1, 0.15) is 43.9 Å². The molecule has 0 bridgehead atoms. The van der Waals surface area contributed by atoms with Crippen molar-refractivity contribution < 1.29 is 51.0 Å². The third kappa shape index (κ3) is 13.5. The number of benzene rings is 2. The van der Waals surface area contributed by atoms with Gasteiger partial charge in [0, 0.05) is 92.4 Å². The van der Waals surface area contributed by atoms with Crippen molar-refractivity contribution in [3.63, 3.8) is 0 Å². The molecule has 2 N–H and O–H groups in total. The molecule has 25 heteroatoms. The Hall–Kier alpha value is -6.58. The number of aliphatic hydroxyl groups excluding tert-OH is 2. The van der Waals surface area contributed by atoms with E-state index in [0.717, 1.165) is 77.5 Å². The van der Waals surface area contributed by atoms with Gasteiger partial charge < -0.3 is 35.3 Å². The molecule has 19 nitrogen and oxygen atoms in total. The van der Waals surface area contributed by atoms with E-state index in [2.05, 4.69) is 123 Å². The van der Waals surface area contributed by atoms with E-state index >= 15 is 0 Å². The second-order valence-corrected chi connectivity index (χ2v) is 17.7. The van der Waals surface area contributed by atoms with E-state index in [4.69, 9.17) is 40.1 Å². The molecule has 2 aromatic heterocycles. The molecule has 0 saturated heterocycles. The number of carbonyl (C=O) groups is 2. The number of nitro groups is 2. The summed E-state index contributed by atoms with van der Waals surface area (Å²) >= 11 is 18.9. The molecule has 0 amide bonds. The average Bonchev–Trinajstić information content (AvgIpc) is 4.01. The number of halogens is 3. The number of allylic oxidation sites excluding steroid dienone is 7. The number of hydrogen-bond donors (Lipinski definition) is 2. The quantitative estimate of drug-likeness (QED) is 0.0659. The summed E-state index contributed by atoms with van der Waals surface area (Å²) in [6, 6.07) is 14.9. The van der Waals surface area contributed by atoms with Crippen LogP contribution in [-0.4, -0.2) is 73.5 Å². The summed E-state index contributed by atoms with van der Waals surface area (Å²) in [4.78, 5) is 51.5. The van der Waals surface area contributed by atoms with Crippen molar-refractivity contribution in [1.29, 1.82) is 5.26 Å².